The molecule has 0 unspecified atom stereocenters. The molecule has 0 spiro atoms. The van der Waals surface area contributed by atoms with Crippen molar-refractivity contribution in [3.05, 3.63) is 29.3 Å². The van der Waals surface area contributed by atoms with Gasteiger partial charge in [0.25, 0.3) is 0 Å². The zero-order chi connectivity index (χ0) is 12.1. The van der Waals surface area contributed by atoms with Gasteiger partial charge in [0.2, 0.25) is 0 Å². The molecule has 1 aromatic carbocycles. The molecule has 1 saturated heterocycles. The van der Waals surface area contributed by atoms with Crippen LogP contribution in [-0.2, 0) is 0 Å². The van der Waals surface area contributed by atoms with Gasteiger partial charge in [0.05, 0.1) is 0 Å². The van der Waals surface area contributed by atoms with Crippen molar-refractivity contribution in [3.8, 4) is 0 Å². The van der Waals surface area contributed by atoms with E-state index in [9.17, 15) is 0 Å². The molecule has 94 valence electrons. The van der Waals surface area contributed by atoms with E-state index in [1.807, 2.05) is 11.8 Å². The standard InChI is InChI=1S/C14H22N2S/c1-12-3-4-14(13(2)11-12)17-10-9-16-7-5-15-6-8-16/h3-4,11,15H,5-10H2,1-2H3. The number of aryl methyl sites for hydroxylation is 2. The van der Waals surface area contributed by atoms with Gasteiger partial charge in [-0.25, -0.2) is 0 Å². The summed E-state index contributed by atoms with van der Waals surface area (Å²) in [5.74, 6) is 1.20. The minimum atomic E-state index is 1.15. The maximum Gasteiger partial charge on any atom is 0.0108 e. The van der Waals surface area contributed by atoms with E-state index < -0.39 is 0 Å². The molecule has 1 aliphatic heterocycles. The molecule has 0 atom stereocenters. The molecule has 2 nitrogen and oxygen atoms in total. The Morgan fingerprint density at radius 3 is 2.71 bits per heavy atom. The van der Waals surface area contributed by atoms with Crippen LogP contribution in [0.1, 0.15) is 11.1 Å². The van der Waals surface area contributed by atoms with Crippen LogP contribution in [0, 0.1) is 13.8 Å². The summed E-state index contributed by atoms with van der Waals surface area (Å²) in [5.41, 5.74) is 2.77. The fraction of sp³-hybridized carbons (Fsp3) is 0.571. The fourth-order valence-corrected chi connectivity index (χ4v) is 3.20. The Morgan fingerprint density at radius 2 is 2.00 bits per heavy atom. The summed E-state index contributed by atoms with van der Waals surface area (Å²) in [6.07, 6.45) is 0. The van der Waals surface area contributed by atoms with Crippen LogP contribution in [-0.4, -0.2) is 43.4 Å². The van der Waals surface area contributed by atoms with Crippen molar-refractivity contribution in [2.75, 3.05) is 38.5 Å². The van der Waals surface area contributed by atoms with Gasteiger partial charge in [0.1, 0.15) is 0 Å². The van der Waals surface area contributed by atoms with Gasteiger partial charge in [-0.2, -0.15) is 0 Å². The Morgan fingerprint density at radius 1 is 1.24 bits per heavy atom. The second-order valence-corrected chi connectivity index (χ2v) is 5.85. The zero-order valence-electron chi connectivity index (χ0n) is 10.8. The van der Waals surface area contributed by atoms with Crippen LogP contribution in [0.3, 0.4) is 0 Å². The van der Waals surface area contributed by atoms with E-state index in [1.165, 1.54) is 41.4 Å². The Kier molecular flexibility index (Phi) is 4.89. The van der Waals surface area contributed by atoms with Gasteiger partial charge < -0.3 is 5.32 Å². The molecule has 1 N–H and O–H groups in total. The van der Waals surface area contributed by atoms with Crippen molar-refractivity contribution in [1.29, 1.82) is 0 Å². The van der Waals surface area contributed by atoms with Crippen LogP contribution in [0.5, 0.6) is 0 Å². The van der Waals surface area contributed by atoms with Crippen molar-refractivity contribution in [2.24, 2.45) is 0 Å². The number of rotatable bonds is 4. The minimum absolute atomic E-state index is 1.15. The van der Waals surface area contributed by atoms with Crippen molar-refractivity contribution in [3.63, 3.8) is 0 Å². The first-order valence-electron chi connectivity index (χ1n) is 6.39. The van der Waals surface area contributed by atoms with E-state index in [1.54, 1.807) is 0 Å². The average Bonchev–Trinajstić information content (AvgIpc) is 2.33. The third-order valence-corrected chi connectivity index (χ3v) is 4.36. The van der Waals surface area contributed by atoms with Gasteiger partial charge in [0.15, 0.2) is 0 Å². The molecule has 1 aromatic rings. The van der Waals surface area contributed by atoms with Gasteiger partial charge in [0, 0.05) is 43.4 Å². The summed E-state index contributed by atoms with van der Waals surface area (Å²) in [4.78, 5) is 3.98. The molecular weight excluding hydrogens is 228 g/mol. The van der Waals surface area contributed by atoms with Crippen molar-refractivity contribution in [2.45, 2.75) is 18.7 Å². The molecule has 0 aliphatic carbocycles. The predicted molar refractivity (Wildman–Crippen MR) is 75.9 cm³/mol. The van der Waals surface area contributed by atoms with Crippen LogP contribution in [0.4, 0.5) is 0 Å². The molecule has 3 heteroatoms. The van der Waals surface area contributed by atoms with Crippen LogP contribution in [0.25, 0.3) is 0 Å². The largest absolute Gasteiger partial charge is 0.314 e. The number of benzene rings is 1. The van der Waals surface area contributed by atoms with Gasteiger partial charge in [-0.1, -0.05) is 17.7 Å². The average molecular weight is 250 g/mol. The lowest BCUT2D eigenvalue weighted by Crippen LogP contribution is -2.44. The highest BCUT2D eigenvalue weighted by Gasteiger charge is 2.09. The SMILES string of the molecule is Cc1ccc(SCCN2CCNCC2)c(C)c1. The number of hydrogen-bond donors (Lipinski definition) is 1. The smallest absolute Gasteiger partial charge is 0.0108 e. The highest BCUT2D eigenvalue weighted by Crippen LogP contribution is 2.23. The zero-order valence-corrected chi connectivity index (χ0v) is 11.6. The molecule has 0 saturated carbocycles. The normalized spacial score (nSPS) is 17.3. The van der Waals surface area contributed by atoms with Crippen molar-refractivity contribution < 1.29 is 0 Å². The maximum absolute atomic E-state index is 3.39. The molecule has 0 bridgehead atoms. The van der Waals surface area contributed by atoms with E-state index in [4.69, 9.17) is 0 Å². The quantitative estimate of drug-likeness (QED) is 0.826. The molecule has 0 radical (unpaired) electrons. The van der Waals surface area contributed by atoms with E-state index in [-0.39, 0.29) is 0 Å². The Balaban J connectivity index is 1.77. The first-order chi connectivity index (χ1) is 8.25. The van der Waals surface area contributed by atoms with Crippen LogP contribution < -0.4 is 5.32 Å². The van der Waals surface area contributed by atoms with E-state index in [0.717, 1.165) is 13.1 Å². The third-order valence-electron chi connectivity index (χ3n) is 3.21. The summed E-state index contributed by atoms with van der Waals surface area (Å²) in [5, 5.41) is 3.39. The maximum atomic E-state index is 3.39. The molecule has 0 amide bonds. The highest BCUT2D eigenvalue weighted by molar-refractivity contribution is 7.99. The van der Waals surface area contributed by atoms with Crippen molar-refractivity contribution >= 4 is 11.8 Å². The Hall–Kier alpha value is -0.510. The van der Waals surface area contributed by atoms with E-state index >= 15 is 0 Å². The predicted octanol–water partition coefficient (Wildman–Crippen LogP) is 2.30. The molecule has 17 heavy (non-hydrogen) atoms. The van der Waals surface area contributed by atoms with Gasteiger partial charge >= 0.3 is 0 Å². The first kappa shape index (κ1) is 12.9. The number of piperazine rings is 1. The van der Waals surface area contributed by atoms with Gasteiger partial charge in [-0.15, -0.1) is 11.8 Å². The topological polar surface area (TPSA) is 15.3 Å². The number of hydrogen-bond acceptors (Lipinski definition) is 3. The molecule has 1 fully saturated rings. The second-order valence-electron chi connectivity index (χ2n) is 4.71. The van der Waals surface area contributed by atoms with Crippen LogP contribution in [0.2, 0.25) is 0 Å². The summed E-state index contributed by atoms with van der Waals surface area (Å²) in [6.45, 7) is 10.3. The number of nitrogens with zero attached hydrogens (tertiary/aromatic N) is 1. The lowest BCUT2D eigenvalue weighted by Gasteiger charge is -2.26. The Labute approximate surface area is 109 Å². The summed E-state index contributed by atoms with van der Waals surface area (Å²) < 4.78 is 0. The third kappa shape index (κ3) is 4.02. The summed E-state index contributed by atoms with van der Waals surface area (Å²) in [7, 11) is 0. The molecule has 2 rings (SSSR count). The fourth-order valence-electron chi connectivity index (χ4n) is 2.18. The summed E-state index contributed by atoms with van der Waals surface area (Å²) in [6, 6.07) is 6.74. The monoisotopic (exact) mass is 250 g/mol. The molecular formula is C14H22N2S. The lowest BCUT2D eigenvalue weighted by atomic mass is 10.2. The number of nitrogens with one attached hydrogen (secondary N) is 1. The van der Waals surface area contributed by atoms with Crippen LogP contribution >= 0.6 is 11.8 Å². The molecule has 0 aromatic heterocycles. The Bertz CT molecular complexity index is 359. The summed E-state index contributed by atoms with van der Waals surface area (Å²) >= 11 is 1.99. The number of thioether (sulfide) groups is 1. The highest BCUT2D eigenvalue weighted by atomic mass is 32.2. The first-order valence-corrected chi connectivity index (χ1v) is 7.37. The lowest BCUT2D eigenvalue weighted by molar-refractivity contribution is 0.255. The van der Waals surface area contributed by atoms with E-state index in [2.05, 4.69) is 42.3 Å². The van der Waals surface area contributed by atoms with Crippen LogP contribution in [0.15, 0.2) is 23.1 Å². The molecule has 1 heterocycles. The minimum Gasteiger partial charge on any atom is -0.314 e. The molecule has 1 aliphatic rings. The van der Waals surface area contributed by atoms with Gasteiger partial charge in [-0.3, -0.25) is 4.90 Å². The van der Waals surface area contributed by atoms with E-state index in [0.29, 0.717) is 0 Å². The van der Waals surface area contributed by atoms with Crippen molar-refractivity contribution in [1.82, 2.24) is 10.2 Å². The van der Waals surface area contributed by atoms with Gasteiger partial charge in [-0.05, 0) is 25.5 Å². The second kappa shape index (κ2) is 6.43.